The highest BCUT2D eigenvalue weighted by molar-refractivity contribution is 6.13. The van der Waals surface area contributed by atoms with Gasteiger partial charge in [-0.2, -0.15) is 5.10 Å². The molecule has 0 saturated heterocycles. The van der Waals surface area contributed by atoms with Gasteiger partial charge in [-0.05, 0) is 42.4 Å². The number of aryl methyl sites for hydroxylation is 1. The standard InChI is InChI=1S/C32H37FN2/c1-3-5-8-12-26-16-18-28(19-17-26)25-34-35-32(29-13-10-7-11-14-29)30-22-20-27(21-23-30)24-31(33)15-9-6-4-2/h3,7,10-11,13-14,16-23,25,31H,1,4-6,8-9,12,15,24H2,2H3. The highest BCUT2D eigenvalue weighted by Crippen LogP contribution is 2.17. The van der Waals surface area contributed by atoms with Crippen molar-refractivity contribution in [2.75, 3.05) is 0 Å². The summed E-state index contributed by atoms with van der Waals surface area (Å²) >= 11 is 0. The van der Waals surface area contributed by atoms with E-state index in [0.29, 0.717) is 12.8 Å². The summed E-state index contributed by atoms with van der Waals surface area (Å²) in [6, 6.07) is 26.6. The van der Waals surface area contributed by atoms with Crippen LogP contribution in [0.5, 0.6) is 0 Å². The van der Waals surface area contributed by atoms with Gasteiger partial charge < -0.3 is 0 Å². The van der Waals surface area contributed by atoms with Crippen molar-refractivity contribution >= 4 is 11.9 Å². The fourth-order valence-corrected chi connectivity index (χ4v) is 4.02. The van der Waals surface area contributed by atoms with Crippen LogP contribution < -0.4 is 0 Å². The largest absolute Gasteiger partial charge is 0.247 e. The minimum atomic E-state index is -0.785. The van der Waals surface area contributed by atoms with Crippen LogP contribution in [0.3, 0.4) is 0 Å². The lowest BCUT2D eigenvalue weighted by Crippen LogP contribution is -2.06. The maximum atomic E-state index is 14.3. The van der Waals surface area contributed by atoms with Gasteiger partial charge in [0.1, 0.15) is 11.9 Å². The first kappa shape index (κ1) is 26.3. The lowest BCUT2D eigenvalue weighted by molar-refractivity contribution is 0.304. The molecular weight excluding hydrogens is 431 g/mol. The van der Waals surface area contributed by atoms with E-state index >= 15 is 0 Å². The van der Waals surface area contributed by atoms with Gasteiger partial charge in [-0.3, -0.25) is 0 Å². The maximum absolute atomic E-state index is 14.3. The maximum Gasteiger partial charge on any atom is 0.104 e. The summed E-state index contributed by atoms with van der Waals surface area (Å²) in [5.74, 6) is 0. The van der Waals surface area contributed by atoms with Crippen LogP contribution in [0.1, 0.15) is 73.3 Å². The molecule has 0 aliphatic rings. The molecule has 0 radical (unpaired) electrons. The third-order valence-electron chi connectivity index (χ3n) is 6.07. The molecule has 0 aliphatic heterocycles. The zero-order valence-electron chi connectivity index (χ0n) is 20.9. The number of allylic oxidation sites excluding steroid dienone is 1. The van der Waals surface area contributed by atoms with Gasteiger partial charge in [-0.1, -0.05) is 111 Å². The van der Waals surface area contributed by atoms with E-state index in [-0.39, 0.29) is 0 Å². The van der Waals surface area contributed by atoms with Gasteiger partial charge >= 0.3 is 0 Å². The van der Waals surface area contributed by atoms with Crippen LogP contribution in [-0.4, -0.2) is 18.1 Å². The average Bonchev–Trinajstić information content (AvgIpc) is 2.89. The van der Waals surface area contributed by atoms with E-state index in [1.165, 1.54) is 5.56 Å². The van der Waals surface area contributed by atoms with Crippen LogP contribution in [0.2, 0.25) is 0 Å². The van der Waals surface area contributed by atoms with Crippen LogP contribution in [0.4, 0.5) is 4.39 Å². The highest BCUT2D eigenvalue weighted by Gasteiger charge is 2.10. The lowest BCUT2D eigenvalue weighted by atomic mass is 9.98. The smallest absolute Gasteiger partial charge is 0.104 e. The molecule has 2 nitrogen and oxygen atoms in total. The van der Waals surface area contributed by atoms with E-state index in [0.717, 1.165) is 66.5 Å². The molecule has 0 aromatic heterocycles. The molecule has 1 atom stereocenters. The SMILES string of the molecule is C=CCCCc1ccc(C=NN=C(c2ccccc2)c2ccc(CC(F)CCCCC)cc2)cc1. The average molecular weight is 469 g/mol. The van der Waals surface area contributed by atoms with Gasteiger partial charge in [0, 0.05) is 17.5 Å². The summed E-state index contributed by atoms with van der Waals surface area (Å²) in [4.78, 5) is 0. The van der Waals surface area contributed by atoms with Crippen LogP contribution in [0.25, 0.3) is 0 Å². The topological polar surface area (TPSA) is 24.7 Å². The number of rotatable bonds is 14. The first-order valence-electron chi connectivity index (χ1n) is 12.8. The summed E-state index contributed by atoms with van der Waals surface area (Å²) < 4.78 is 14.3. The number of halogens is 1. The van der Waals surface area contributed by atoms with Gasteiger partial charge in [-0.15, -0.1) is 11.7 Å². The molecule has 0 aliphatic carbocycles. The molecule has 3 aromatic rings. The van der Waals surface area contributed by atoms with E-state index in [2.05, 4.69) is 48.0 Å². The molecule has 3 aromatic carbocycles. The van der Waals surface area contributed by atoms with E-state index in [1.807, 2.05) is 60.7 Å². The third-order valence-corrected chi connectivity index (χ3v) is 6.07. The molecule has 0 bridgehead atoms. The van der Waals surface area contributed by atoms with Crippen LogP contribution in [0.15, 0.2) is 102 Å². The molecule has 0 N–H and O–H groups in total. The number of hydrogen-bond donors (Lipinski definition) is 0. The normalized spacial score (nSPS) is 12.7. The number of nitrogens with zero attached hydrogens (tertiary/aromatic N) is 2. The molecular formula is C32H37FN2. The van der Waals surface area contributed by atoms with Gasteiger partial charge in [0.2, 0.25) is 0 Å². The molecule has 182 valence electrons. The number of hydrogen-bond acceptors (Lipinski definition) is 2. The second-order valence-corrected chi connectivity index (χ2v) is 8.98. The van der Waals surface area contributed by atoms with Gasteiger partial charge in [0.05, 0.1) is 6.21 Å². The Morgan fingerprint density at radius 3 is 2.23 bits per heavy atom. The van der Waals surface area contributed by atoms with Crippen molar-refractivity contribution in [1.82, 2.24) is 0 Å². The predicted molar refractivity (Wildman–Crippen MR) is 148 cm³/mol. The lowest BCUT2D eigenvalue weighted by Gasteiger charge is -2.10. The van der Waals surface area contributed by atoms with E-state index in [4.69, 9.17) is 0 Å². The Morgan fingerprint density at radius 2 is 1.54 bits per heavy atom. The Kier molecular flexibility index (Phi) is 11.1. The monoisotopic (exact) mass is 468 g/mol. The molecule has 3 heteroatoms. The first-order chi connectivity index (χ1) is 17.2. The fourth-order valence-electron chi connectivity index (χ4n) is 4.02. The van der Waals surface area contributed by atoms with Crippen molar-refractivity contribution in [3.8, 4) is 0 Å². The van der Waals surface area contributed by atoms with Gasteiger partial charge in [0.15, 0.2) is 0 Å². The molecule has 0 spiro atoms. The minimum Gasteiger partial charge on any atom is -0.247 e. The summed E-state index contributed by atoms with van der Waals surface area (Å²) in [6.07, 6.45) is 10.4. The van der Waals surface area contributed by atoms with E-state index in [1.54, 1.807) is 6.21 Å². The molecule has 1 unspecified atom stereocenters. The summed E-state index contributed by atoms with van der Waals surface area (Å²) in [5.41, 5.74) is 6.12. The van der Waals surface area contributed by atoms with Gasteiger partial charge in [-0.25, -0.2) is 4.39 Å². The quantitative estimate of drug-likeness (QED) is 0.0980. The highest BCUT2D eigenvalue weighted by atomic mass is 19.1. The van der Waals surface area contributed by atoms with Crippen molar-refractivity contribution in [1.29, 1.82) is 0 Å². The zero-order valence-corrected chi connectivity index (χ0v) is 20.9. The van der Waals surface area contributed by atoms with Gasteiger partial charge in [0.25, 0.3) is 0 Å². The third kappa shape index (κ3) is 9.09. The number of benzene rings is 3. The zero-order chi connectivity index (χ0) is 24.7. The Balaban J connectivity index is 1.72. The summed E-state index contributed by atoms with van der Waals surface area (Å²) in [6.45, 7) is 5.92. The van der Waals surface area contributed by atoms with Crippen molar-refractivity contribution < 1.29 is 4.39 Å². The fraction of sp³-hybridized carbons (Fsp3) is 0.312. The molecule has 3 rings (SSSR count). The van der Waals surface area contributed by atoms with Crippen molar-refractivity contribution in [2.24, 2.45) is 10.2 Å². The minimum absolute atomic E-state index is 0.462. The van der Waals surface area contributed by atoms with Crippen LogP contribution >= 0.6 is 0 Å². The van der Waals surface area contributed by atoms with Crippen LogP contribution in [0, 0.1) is 0 Å². The van der Waals surface area contributed by atoms with E-state index < -0.39 is 6.17 Å². The Labute approximate surface area is 210 Å². The second-order valence-electron chi connectivity index (χ2n) is 8.98. The first-order valence-corrected chi connectivity index (χ1v) is 12.8. The molecule has 0 heterocycles. The summed E-state index contributed by atoms with van der Waals surface area (Å²) in [5, 5.41) is 8.99. The molecule has 35 heavy (non-hydrogen) atoms. The van der Waals surface area contributed by atoms with Crippen LogP contribution in [-0.2, 0) is 12.8 Å². The van der Waals surface area contributed by atoms with Crippen molar-refractivity contribution in [3.05, 3.63) is 119 Å². The Hall–Kier alpha value is -3.33. The molecule has 0 amide bonds. The number of unbranched alkanes of at least 4 members (excludes halogenated alkanes) is 3. The number of alkyl halides is 1. The molecule has 0 fully saturated rings. The van der Waals surface area contributed by atoms with E-state index in [9.17, 15) is 4.39 Å². The Morgan fingerprint density at radius 1 is 0.857 bits per heavy atom. The molecule has 0 saturated carbocycles. The summed E-state index contributed by atoms with van der Waals surface area (Å²) in [7, 11) is 0. The van der Waals surface area contributed by atoms with Crippen molar-refractivity contribution in [3.63, 3.8) is 0 Å². The Bertz CT molecular complexity index is 1070. The second kappa shape index (κ2) is 14.8. The van der Waals surface area contributed by atoms with Crippen molar-refractivity contribution in [2.45, 2.75) is 64.5 Å². The predicted octanol–water partition coefficient (Wildman–Crippen LogP) is 8.53.